The van der Waals surface area contributed by atoms with Crippen LogP contribution in [0, 0.1) is 12.7 Å². The molecule has 0 amide bonds. The number of nitrogens with zero attached hydrogens (tertiary/aromatic N) is 2. The number of anilines is 1. The second kappa shape index (κ2) is 8.13. The molecular weight excluding hydrogens is 331 g/mol. The minimum atomic E-state index is -0.373. The third kappa shape index (κ3) is 4.10. The summed E-state index contributed by atoms with van der Waals surface area (Å²) in [6.45, 7) is 5.86. The van der Waals surface area contributed by atoms with E-state index in [2.05, 4.69) is 9.89 Å². The van der Waals surface area contributed by atoms with Crippen LogP contribution in [-0.4, -0.2) is 31.9 Å². The molecule has 0 unspecified atom stereocenters. The van der Waals surface area contributed by atoms with E-state index < -0.39 is 0 Å². The summed E-state index contributed by atoms with van der Waals surface area (Å²) in [5, 5.41) is 0. The van der Waals surface area contributed by atoms with Gasteiger partial charge in [-0.15, -0.1) is 0 Å². The van der Waals surface area contributed by atoms with Gasteiger partial charge in [-0.25, -0.2) is 9.18 Å². The number of benzene rings is 2. The lowest BCUT2D eigenvalue weighted by Gasteiger charge is -2.19. The number of aliphatic imine (C=N–C) groups is 1. The highest BCUT2D eigenvalue weighted by atomic mass is 19.1. The van der Waals surface area contributed by atoms with E-state index in [1.54, 1.807) is 37.4 Å². The first-order chi connectivity index (χ1) is 12.6. The number of carbonyl (C=O) groups excluding carboxylic acids is 1. The lowest BCUT2D eigenvalue weighted by atomic mass is 10.1. The standard InChI is InChI=1S/C21H23FN2O2/c1-3-26-21(25)16-7-6-8-18(12-16)23-14-17-13-19(22)20(11-15(17)2)24-9-4-5-10-24/h6-8,11-14H,3-5,9-10H2,1-2H3. The van der Waals surface area contributed by atoms with E-state index in [1.165, 1.54) is 6.07 Å². The molecule has 136 valence electrons. The van der Waals surface area contributed by atoms with Crippen molar-refractivity contribution in [1.82, 2.24) is 0 Å². The van der Waals surface area contributed by atoms with Gasteiger partial charge in [0, 0.05) is 19.3 Å². The van der Waals surface area contributed by atoms with Crippen molar-refractivity contribution in [2.75, 3.05) is 24.6 Å². The molecule has 0 bridgehead atoms. The second-order valence-electron chi connectivity index (χ2n) is 6.38. The summed E-state index contributed by atoms with van der Waals surface area (Å²) < 4.78 is 19.5. The van der Waals surface area contributed by atoms with Crippen molar-refractivity contribution in [3.63, 3.8) is 0 Å². The number of ether oxygens (including phenoxy) is 1. The molecule has 5 heteroatoms. The molecule has 2 aromatic rings. The number of rotatable bonds is 5. The molecule has 0 aliphatic carbocycles. The minimum Gasteiger partial charge on any atom is -0.462 e. The molecule has 26 heavy (non-hydrogen) atoms. The van der Waals surface area contributed by atoms with E-state index in [9.17, 15) is 9.18 Å². The summed E-state index contributed by atoms with van der Waals surface area (Å²) in [6, 6.07) is 10.3. The van der Waals surface area contributed by atoms with Crippen LogP contribution in [0.4, 0.5) is 15.8 Å². The van der Waals surface area contributed by atoms with Crippen molar-refractivity contribution < 1.29 is 13.9 Å². The highest BCUT2D eigenvalue weighted by Crippen LogP contribution is 2.26. The molecule has 1 heterocycles. The lowest BCUT2D eigenvalue weighted by molar-refractivity contribution is 0.0526. The van der Waals surface area contributed by atoms with Crippen molar-refractivity contribution in [3.8, 4) is 0 Å². The molecular formula is C21H23FN2O2. The Balaban J connectivity index is 1.81. The number of halogens is 1. The smallest absolute Gasteiger partial charge is 0.338 e. The van der Waals surface area contributed by atoms with Gasteiger partial charge in [-0.2, -0.15) is 0 Å². The predicted octanol–water partition coefficient (Wildman–Crippen LogP) is 4.66. The maximum atomic E-state index is 14.5. The quantitative estimate of drug-likeness (QED) is 0.579. The van der Waals surface area contributed by atoms with Crippen LogP contribution >= 0.6 is 0 Å². The molecule has 1 aliphatic heterocycles. The number of aryl methyl sites for hydroxylation is 1. The Morgan fingerprint density at radius 1 is 1.27 bits per heavy atom. The van der Waals surface area contributed by atoms with Crippen LogP contribution in [0.25, 0.3) is 0 Å². The number of hydrogen-bond acceptors (Lipinski definition) is 4. The molecule has 0 saturated carbocycles. The van der Waals surface area contributed by atoms with E-state index in [-0.39, 0.29) is 11.8 Å². The highest BCUT2D eigenvalue weighted by molar-refractivity contribution is 5.91. The zero-order valence-corrected chi connectivity index (χ0v) is 15.2. The van der Waals surface area contributed by atoms with E-state index in [1.807, 2.05) is 13.0 Å². The predicted molar refractivity (Wildman–Crippen MR) is 102 cm³/mol. The highest BCUT2D eigenvalue weighted by Gasteiger charge is 2.17. The third-order valence-electron chi connectivity index (χ3n) is 4.49. The van der Waals surface area contributed by atoms with Crippen molar-refractivity contribution in [3.05, 3.63) is 58.9 Å². The van der Waals surface area contributed by atoms with Crippen molar-refractivity contribution >= 4 is 23.6 Å². The van der Waals surface area contributed by atoms with Crippen LogP contribution in [0.5, 0.6) is 0 Å². The monoisotopic (exact) mass is 354 g/mol. The lowest BCUT2D eigenvalue weighted by Crippen LogP contribution is -2.19. The zero-order valence-electron chi connectivity index (χ0n) is 15.2. The Kier molecular flexibility index (Phi) is 5.66. The number of carbonyl (C=O) groups is 1. The van der Waals surface area contributed by atoms with Gasteiger partial charge < -0.3 is 9.64 Å². The fraction of sp³-hybridized carbons (Fsp3) is 0.333. The maximum Gasteiger partial charge on any atom is 0.338 e. The van der Waals surface area contributed by atoms with Crippen LogP contribution in [0.3, 0.4) is 0 Å². The fourth-order valence-corrected chi connectivity index (χ4v) is 3.09. The second-order valence-corrected chi connectivity index (χ2v) is 6.38. The molecule has 4 nitrogen and oxygen atoms in total. The average molecular weight is 354 g/mol. The molecule has 1 saturated heterocycles. The number of hydrogen-bond donors (Lipinski definition) is 0. The number of esters is 1. The summed E-state index contributed by atoms with van der Waals surface area (Å²) in [6.07, 6.45) is 3.85. The largest absolute Gasteiger partial charge is 0.462 e. The molecule has 0 N–H and O–H groups in total. The van der Waals surface area contributed by atoms with Crippen LogP contribution in [-0.2, 0) is 4.74 Å². The van der Waals surface area contributed by atoms with Gasteiger partial charge in [0.05, 0.1) is 23.5 Å². The van der Waals surface area contributed by atoms with Crippen LogP contribution in [0.2, 0.25) is 0 Å². The van der Waals surface area contributed by atoms with Crippen molar-refractivity contribution in [2.45, 2.75) is 26.7 Å². The summed E-state index contributed by atoms with van der Waals surface area (Å²) in [5.74, 6) is -0.596. The summed E-state index contributed by atoms with van der Waals surface area (Å²) in [7, 11) is 0. The van der Waals surface area contributed by atoms with Gasteiger partial charge in [-0.3, -0.25) is 4.99 Å². The topological polar surface area (TPSA) is 41.9 Å². The first-order valence-corrected chi connectivity index (χ1v) is 8.95. The van der Waals surface area contributed by atoms with Gasteiger partial charge in [0.25, 0.3) is 0 Å². The van der Waals surface area contributed by atoms with Crippen LogP contribution < -0.4 is 4.90 Å². The average Bonchev–Trinajstić information content (AvgIpc) is 3.17. The zero-order chi connectivity index (χ0) is 18.5. The SMILES string of the molecule is CCOC(=O)c1cccc(N=Cc2cc(F)c(N3CCCC3)cc2C)c1. The Labute approximate surface area is 153 Å². The summed E-state index contributed by atoms with van der Waals surface area (Å²) in [4.78, 5) is 18.3. The van der Waals surface area contributed by atoms with E-state index >= 15 is 0 Å². The van der Waals surface area contributed by atoms with Crippen molar-refractivity contribution in [1.29, 1.82) is 0 Å². The first-order valence-electron chi connectivity index (χ1n) is 8.95. The normalized spacial score (nSPS) is 14.2. The Morgan fingerprint density at radius 2 is 2.04 bits per heavy atom. The fourth-order valence-electron chi connectivity index (χ4n) is 3.09. The van der Waals surface area contributed by atoms with Gasteiger partial charge in [-0.05, 0) is 68.1 Å². The Hall–Kier alpha value is -2.69. The van der Waals surface area contributed by atoms with E-state index in [4.69, 9.17) is 4.74 Å². The Morgan fingerprint density at radius 3 is 2.77 bits per heavy atom. The molecule has 0 aromatic heterocycles. The van der Waals surface area contributed by atoms with Gasteiger partial charge in [0.1, 0.15) is 5.82 Å². The molecule has 1 aliphatic rings. The van der Waals surface area contributed by atoms with E-state index in [0.29, 0.717) is 23.5 Å². The molecule has 0 atom stereocenters. The molecule has 0 radical (unpaired) electrons. The maximum absolute atomic E-state index is 14.5. The Bertz CT molecular complexity index is 827. The van der Waals surface area contributed by atoms with Crippen LogP contribution in [0.15, 0.2) is 41.4 Å². The van der Waals surface area contributed by atoms with Crippen LogP contribution in [0.1, 0.15) is 41.3 Å². The molecule has 0 spiro atoms. The van der Waals surface area contributed by atoms with Gasteiger partial charge in [0.2, 0.25) is 0 Å². The van der Waals surface area contributed by atoms with Gasteiger partial charge >= 0.3 is 5.97 Å². The third-order valence-corrected chi connectivity index (χ3v) is 4.49. The molecule has 1 fully saturated rings. The summed E-state index contributed by atoms with van der Waals surface area (Å²) >= 11 is 0. The molecule has 3 rings (SSSR count). The van der Waals surface area contributed by atoms with Crippen molar-refractivity contribution in [2.24, 2.45) is 4.99 Å². The minimum absolute atomic E-state index is 0.223. The van der Waals surface area contributed by atoms with Gasteiger partial charge in [0.15, 0.2) is 0 Å². The molecule has 2 aromatic carbocycles. The van der Waals surface area contributed by atoms with E-state index in [0.717, 1.165) is 37.1 Å². The first kappa shape index (κ1) is 18.1. The van der Waals surface area contributed by atoms with Gasteiger partial charge in [-0.1, -0.05) is 6.07 Å². The summed E-state index contributed by atoms with van der Waals surface area (Å²) in [5.41, 5.74) is 3.44.